The van der Waals surface area contributed by atoms with E-state index >= 15 is 0 Å². The number of fused-ring (bicyclic) bond motifs is 1. The molecule has 136 valence electrons. The Morgan fingerprint density at radius 2 is 2.04 bits per heavy atom. The van der Waals surface area contributed by atoms with Crippen LogP contribution in [0.25, 0.3) is 11.3 Å². The monoisotopic (exact) mass is 349 g/mol. The van der Waals surface area contributed by atoms with Crippen LogP contribution in [0.2, 0.25) is 0 Å². The molecule has 2 aromatic heterocycles. The Morgan fingerprint density at radius 1 is 1.19 bits per heavy atom. The van der Waals surface area contributed by atoms with Gasteiger partial charge in [-0.05, 0) is 50.8 Å². The zero-order valence-corrected chi connectivity index (χ0v) is 15.9. The topological polar surface area (TPSA) is 38.9 Å². The average Bonchev–Trinajstić information content (AvgIpc) is 3.27. The van der Waals surface area contributed by atoms with Crippen LogP contribution in [-0.2, 0) is 19.5 Å². The molecule has 1 unspecified atom stereocenters. The molecule has 0 N–H and O–H groups in total. The summed E-state index contributed by atoms with van der Waals surface area (Å²) < 4.78 is 4.47. The van der Waals surface area contributed by atoms with Crippen molar-refractivity contribution in [2.75, 3.05) is 11.9 Å². The van der Waals surface area contributed by atoms with Gasteiger partial charge in [-0.25, -0.2) is 9.97 Å². The maximum atomic E-state index is 4.40. The Labute approximate surface area is 155 Å². The first-order valence-corrected chi connectivity index (χ1v) is 9.47. The van der Waals surface area contributed by atoms with Gasteiger partial charge in [-0.15, -0.1) is 0 Å². The normalized spacial score (nSPS) is 16.7. The van der Waals surface area contributed by atoms with Crippen LogP contribution in [0.5, 0.6) is 0 Å². The molecule has 1 atom stereocenters. The van der Waals surface area contributed by atoms with E-state index in [9.17, 15) is 0 Å². The van der Waals surface area contributed by atoms with Gasteiger partial charge >= 0.3 is 0 Å². The molecular formula is C21H27N5. The molecular weight excluding hydrogens is 322 g/mol. The number of benzene rings is 1. The van der Waals surface area contributed by atoms with Crippen LogP contribution in [0.4, 0.5) is 5.69 Å². The van der Waals surface area contributed by atoms with Gasteiger partial charge in [0.1, 0.15) is 5.82 Å². The Balaban J connectivity index is 1.51. The van der Waals surface area contributed by atoms with E-state index in [-0.39, 0.29) is 0 Å². The number of hydrogen-bond acceptors (Lipinski definition) is 3. The molecule has 1 aromatic carbocycles. The van der Waals surface area contributed by atoms with Crippen LogP contribution in [0.1, 0.15) is 31.2 Å². The van der Waals surface area contributed by atoms with Gasteiger partial charge in [0.15, 0.2) is 0 Å². The number of rotatable bonds is 5. The Hall–Kier alpha value is -2.56. The SMILES string of the molecule is Cc1nccn1CCCn1cncc1-c1ccc2c(c1)CCC(C)N2C. The summed E-state index contributed by atoms with van der Waals surface area (Å²) in [5, 5.41) is 0. The Kier molecular flexibility index (Phi) is 4.53. The fraction of sp³-hybridized carbons (Fsp3) is 0.429. The maximum Gasteiger partial charge on any atom is 0.105 e. The minimum Gasteiger partial charge on any atom is -0.372 e. The molecule has 0 bridgehead atoms. The lowest BCUT2D eigenvalue weighted by Gasteiger charge is -2.34. The molecule has 4 rings (SSSR count). The van der Waals surface area contributed by atoms with Gasteiger partial charge in [-0.3, -0.25) is 0 Å². The molecule has 0 radical (unpaired) electrons. The Bertz CT molecular complexity index is 891. The highest BCUT2D eigenvalue weighted by Crippen LogP contribution is 2.33. The van der Waals surface area contributed by atoms with Gasteiger partial charge in [-0.2, -0.15) is 0 Å². The smallest absolute Gasteiger partial charge is 0.105 e. The maximum absolute atomic E-state index is 4.40. The highest BCUT2D eigenvalue weighted by molar-refractivity contribution is 5.67. The van der Waals surface area contributed by atoms with Gasteiger partial charge in [0.2, 0.25) is 0 Å². The van der Waals surface area contributed by atoms with Gasteiger partial charge in [0.05, 0.1) is 18.2 Å². The van der Waals surface area contributed by atoms with E-state index in [4.69, 9.17) is 0 Å². The van der Waals surface area contributed by atoms with Crippen LogP contribution >= 0.6 is 0 Å². The van der Waals surface area contributed by atoms with Gasteiger partial charge in [0, 0.05) is 49.8 Å². The molecule has 0 saturated heterocycles. The molecule has 5 nitrogen and oxygen atoms in total. The standard InChI is InChI=1S/C21H27N5/c1-16-5-6-18-13-19(7-8-20(18)24(16)3)21-14-22-15-26(21)11-4-10-25-12-9-23-17(25)2/h7-9,12-16H,4-6,10-11H2,1-3H3. The van der Waals surface area contributed by atoms with Crippen molar-refractivity contribution >= 4 is 5.69 Å². The Morgan fingerprint density at radius 3 is 2.85 bits per heavy atom. The fourth-order valence-electron chi connectivity index (χ4n) is 3.88. The van der Waals surface area contributed by atoms with Crippen LogP contribution in [0.3, 0.4) is 0 Å². The summed E-state index contributed by atoms with van der Waals surface area (Å²) in [6, 6.07) is 7.48. The molecule has 5 heteroatoms. The first-order chi connectivity index (χ1) is 12.6. The molecule has 0 amide bonds. The number of hydrogen-bond donors (Lipinski definition) is 0. The fourth-order valence-corrected chi connectivity index (χ4v) is 3.88. The third kappa shape index (κ3) is 3.14. The average molecular weight is 349 g/mol. The number of nitrogens with zero attached hydrogens (tertiary/aromatic N) is 5. The largest absolute Gasteiger partial charge is 0.372 e. The molecule has 0 saturated carbocycles. The quantitative estimate of drug-likeness (QED) is 0.701. The van der Waals surface area contributed by atoms with Gasteiger partial charge in [-0.1, -0.05) is 6.07 Å². The van der Waals surface area contributed by atoms with Crippen LogP contribution < -0.4 is 4.90 Å². The minimum absolute atomic E-state index is 0.616. The summed E-state index contributed by atoms with van der Waals surface area (Å²) in [6.45, 7) is 6.29. The van der Waals surface area contributed by atoms with Crippen molar-refractivity contribution in [2.45, 2.75) is 52.2 Å². The zero-order valence-electron chi connectivity index (χ0n) is 15.9. The summed E-state index contributed by atoms with van der Waals surface area (Å²) in [7, 11) is 2.20. The van der Waals surface area contributed by atoms with Crippen molar-refractivity contribution in [3.8, 4) is 11.3 Å². The van der Waals surface area contributed by atoms with Crippen LogP contribution in [-0.4, -0.2) is 32.2 Å². The summed E-state index contributed by atoms with van der Waals surface area (Å²) in [5.74, 6) is 1.07. The van der Waals surface area contributed by atoms with Crippen molar-refractivity contribution in [2.24, 2.45) is 0 Å². The van der Waals surface area contributed by atoms with E-state index < -0.39 is 0 Å². The summed E-state index contributed by atoms with van der Waals surface area (Å²) in [4.78, 5) is 11.1. The molecule has 26 heavy (non-hydrogen) atoms. The van der Waals surface area contributed by atoms with Gasteiger partial charge in [0.25, 0.3) is 0 Å². The van der Waals surface area contributed by atoms with Crippen LogP contribution in [0.15, 0.2) is 43.1 Å². The summed E-state index contributed by atoms with van der Waals surface area (Å²) in [6.07, 6.45) is 11.3. The second-order valence-electron chi connectivity index (χ2n) is 7.34. The molecule has 3 aromatic rings. The van der Waals surface area contributed by atoms with Crippen molar-refractivity contribution in [1.29, 1.82) is 0 Å². The molecule has 3 heterocycles. The number of aromatic nitrogens is 4. The third-order valence-electron chi connectivity index (χ3n) is 5.68. The molecule has 0 aliphatic carbocycles. The molecule has 0 fully saturated rings. The second-order valence-corrected chi connectivity index (χ2v) is 7.34. The molecule has 1 aliphatic rings. The van der Waals surface area contributed by atoms with Crippen molar-refractivity contribution in [3.63, 3.8) is 0 Å². The predicted octanol–water partition coefficient (Wildman–Crippen LogP) is 3.92. The lowest BCUT2D eigenvalue weighted by Crippen LogP contribution is -2.33. The zero-order chi connectivity index (χ0) is 18.1. The van der Waals surface area contributed by atoms with E-state index in [1.54, 1.807) is 0 Å². The first-order valence-electron chi connectivity index (χ1n) is 9.47. The minimum atomic E-state index is 0.616. The molecule has 0 spiro atoms. The van der Waals surface area contributed by atoms with E-state index in [0.717, 1.165) is 31.8 Å². The van der Waals surface area contributed by atoms with Crippen LogP contribution in [0, 0.1) is 6.92 Å². The van der Waals surface area contributed by atoms with Crippen molar-refractivity contribution in [3.05, 3.63) is 54.5 Å². The highest BCUT2D eigenvalue weighted by atomic mass is 15.1. The predicted molar refractivity (Wildman–Crippen MR) is 105 cm³/mol. The summed E-state index contributed by atoms with van der Waals surface area (Å²) in [5.41, 5.74) is 5.29. The highest BCUT2D eigenvalue weighted by Gasteiger charge is 2.20. The lowest BCUT2D eigenvalue weighted by atomic mass is 9.95. The number of imidazole rings is 2. The van der Waals surface area contributed by atoms with Gasteiger partial charge < -0.3 is 14.0 Å². The van der Waals surface area contributed by atoms with E-state index in [1.165, 1.54) is 28.9 Å². The molecule has 1 aliphatic heterocycles. The third-order valence-corrected chi connectivity index (χ3v) is 5.68. The number of anilines is 1. The second kappa shape index (κ2) is 6.98. The summed E-state index contributed by atoms with van der Waals surface area (Å²) >= 11 is 0. The van der Waals surface area contributed by atoms with Crippen molar-refractivity contribution in [1.82, 2.24) is 19.1 Å². The lowest BCUT2D eigenvalue weighted by molar-refractivity contribution is 0.557. The van der Waals surface area contributed by atoms with E-state index in [0.29, 0.717) is 6.04 Å². The van der Waals surface area contributed by atoms with E-state index in [2.05, 4.69) is 56.2 Å². The van der Waals surface area contributed by atoms with E-state index in [1.807, 2.05) is 31.8 Å². The first kappa shape index (κ1) is 16.9. The van der Waals surface area contributed by atoms with Crippen molar-refractivity contribution < 1.29 is 0 Å². The number of aryl methyl sites for hydroxylation is 4.